The highest BCUT2D eigenvalue weighted by Gasteiger charge is 2.15. The van der Waals surface area contributed by atoms with Crippen LogP contribution in [0.15, 0.2) is 17.2 Å². The largest absolute Gasteiger partial charge is 0.489 e. The van der Waals surface area contributed by atoms with Crippen LogP contribution in [-0.4, -0.2) is 37.6 Å². The molecule has 1 heterocycles. The summed E-state index contributed by atoms with van der Waals surface area (Å²) in [6, 6.07) is 3.96. The lowest BCUT2D eigenvalue weighted by Gasteiger charge is -2.29. The van der Waals surface area contributed by atoms with Gasteiger partial charge in [-0.25, -0.2) is 0 Å². The Hall–Kier alpha value is -1.91. The molecule has 0 aromatic heterocycles. The summed E-state index contributed by atoms with van der Waals surface area (Å²) in [5.74, 6) is 0.739. The second-order valence-electron chi connectivity index (χ2n) is 5.15. The predicted molar refractivity (Wildman–Crippen MR) is 79.8 cm³/mol. The molecule has 1 aliphatic rings. The Morgan fingerprint density at radius 1 is 1.32 bits per heavy atom. The summed E-state index contributed by atoms with van der Waals surface area (Å²) in [6.45, 7) is 7.86. The third kappa shape index (κ3) is 3.10. The fraction of sp³-hybridized carbons (Fsp3) is 0.500. The van der Waals surface area contributed by atoms with Crippen molar-refractivity contribution in [3.8, 4) is 5.75 Å². The molecule has 1 aliphatic heterocycles. The van der Waals surface area contributed by atoms with Crippen molar-refractivity contribution in [2.45, 2.75) is 26.9 Å². The SMILES string of the molecule is Cc1cc(N)c(OC(C)C)cc1N1C=NN(C)CC1. The molecule has 1 aromatic carbocycles. The number of hydrogen-bond donors (Lipinski definition) is 1. The van der Waals surface area contributed by atoms with Crippen LogP contribution in [0.4, 0.5) is 11.4 Å². The number of nitrogens with two attached hydrogens (primary N) is 1. The van der Waals surface area contributed by atoms with Crippen molar-refractivity contribution < 1.29 is 4.74 Å². The molecule has 0 atom stereocenters. The number of likely N-dealkylation sites (N-methyl/N-ethyl adjacent to an activating group) is 1. The van der Waals surface area contributed by atoms with E-state index in [2.05, 4.69) is 16.9 Å². The first-order valence-electron chi connectivity index (χ1n) is 6.56. The normalized spacial score (nSPS) is 15.2. The Morgan fingerprint density at radius 3 is 2.63 bits per heavy atom. The molecule has 19 heavy (non-hydrogen) atoms. The summed E-state index contributed by atoms with van der Waals surface area (Å²) in [6.07, 6.45) is 1.96. The van der Waals surface area contributed by atoms with Gasteiger partial charge in [-0.05, 0) is 32.4 Å². The van der Waals surface area contributed by atoms with Gasteiger partial charge in [0.25, 0.3) is 0 Å². The Morgan fingerprint density at radius 2 is 2.05 bits per heavy atom. The van der Waals surface area contributed by atoms with Crippen LogP contribution in [0.1, 0.15) is 19.4 Å². The zero-order valence-corrected chi connectivity index (χ0v) is 12.1. The van der Waals surface area contributed by atoms with Gasteiger partial charge in [0.1, 0.15) is 12.1 Å². The lowest BCUT2D eigenvalue weighted by atomic mass is 10.1. The summed E-state index contributed by atoms with van der Waals surface area (Å²) >= 11 is 0. The van der Waals surface area contributed by atoms with Crippen molar-refractivity contribution in [3.63, 3.8) is 0 Å². The summed E-state index contributed by atoms with van der Waals surface area (Å²) in [5, 5.41) is 6.23. The number of benzene rings is 1. The van der Waals surface area contributed by atoms with Gasteiger partial charge >= 0.3 is 0 Å². The molecule has 0 fully saturated rings. The maximum atomic E-state index is 6.00. The van der Waals surface area contributed by atoms with E-state index < -0.39 is 0 Å². The molecule has 0 unspecified atom stereocenters. The van der Waals surface area contributed by atoms with E-state index in [1.54, 1.807) is 0 Å². The molecule has 0 spiro atoms. The van der Waals surface area contributed by atoms with Crippen LogP contribution in [-0.2, 0) is 0 Å². The number of ether oxygens (including phenoxy) is 1. The predicted octanol–water partition coefficient (Wildman–Crippen LogP) is 2.06. The molecule has 0 saturated carbocycles. The molecular formula is C14H22N4O. The van der Waals surface area contributed by atoms with Crippen LogP contribution in [0, 0.1) is 6.92 Å². The number of hydrogen-bond acceptors (Lipinski definition) is 5. The molecule has 104 valence electrons. The van der Waals surface area contributed by atoms with E-state index in [-0.39, 0.29) is 6.10 Å². The quantitative estimate of drug-likeness (QED) is 0.847. The highest BCUT2D eigenvalue weighted by Crippen LogP contribution is 2.32. The van der Waals surface area contributed by atoms with E-state index in [1.807, 2.05) is 44.4 Å². The molecule has 1 aromatic rings. The lowest BCUT2D eigenvalue weighted by molar-refractivity contribution is 0.244. The topological polar surface area (TPSA) is 54.1 Å². The monoisotopic (exact) mass is 262 g/mol. The summed E-state index contributed by atoms with van der Waals surface area (Å²) in [5.41, 5.74) is 8.91. The van der Waals surface area contributed by atoms with Gasteiger partial charge in [0, 0.05) is 25.3 Å². The van der Waals surface area contributed by atoms with Crippen molar-refractivity contribution in [2.24, 2.45) is 5.10 Å². The van der Waals surface area contributed by atoms with E-state index in [0.717, 1.165) is 30.1 Å². The Balaban J connectivity index is 2.32. The highest BCUT2D eigenvalue weighted by molar-refractivity contribution is 5.83. The smallest absolute Gasteiger partial charge is 0.144 e. The molecular weight excluding hydrogens is 240 g/mol. The van der Waals surface area contributed by atoms with Crippen LogP contribution in [0.3, 0.4) is 0 Å². The Kier molecular flexibility index (Phi) is 3.83. The molecule has 0 radical (unpaired) electrons. The van der Waals surface area contributed by atoms with Crippen LogP contribution in [0.2, 0.25) is 0 Å². The lowest BCUT2D eigenvalue weighted by Crippen LogP contribution is -2.36. The van der Waals surface area contributed by atoms with Gasteiger partial charge in [0.2, 0.25) is 0 Å². The number of nitrogen functional groups attached to an aromatic ring is 1. The van der Waals surface area contributed by atoms with E-state index in [9.17, 15) is 0 Å². The minimum absolute atomic E-state index is 0.110. The van der Waals surface area contributed by atoms with Crippen LogP contribution in [0.5, 0.6) is 5.75 Å². The van der Waals surface area contributed by atoms with E-state index >= 15 is 0 Å². The second-order valence-corrected chi connectivity index (χ2v) is 5.15. The molecule has 0 amide bonds. The summed E-state index contributed by atoms with van der Waals surface area (Å²) < 4.78 is 5.75. The minimum Gasteiger partial charge on any atom is -0.489 e. The van der Waals surface area contributed by atoms with Gasteiger partial charge in [-0.2, -0.15) is 5.10 Å². The molecule has 5 nitrogen and oxygen atoms in total. The van der Waals surface area contributed by atoms with Crippen molar-refractivity contribution >= 4 is 17.7 Å². The number of hydrazone groups is 1. The first kappa shape index (κ1) is 13.5. The molecule has 0 bridgehead atoms. The number of aryl methyl sites for hydroxylation is 1. The Bertz CT molecular complexity index is 485. The maximum Gasteiger partial charge on any atom is 0.144 e. The molecule has 2 rings (SSSR count). The summed E-state index contributed by atoms with van der Waals surface area (Å²) in [7, 11) is 1.97. The van der Waals surface area contributed by atoms with E-state index in [0.29, 0.717) is 5.69 Å². The third-order valence-electron chi connectivity index (χ3n) is 3.05. The van der Waals surface area contributed by atoms with Crippen molar-refractivity contribution in [3.05, 3.63) is 17.7 Å². The standard InChI is InChI=1S/C14H22N4O/c1-10(2)19-14-8-13(11(3)7-12(14)15)18-6-5-17(4)16-9-18/h7-10H,5-6,15H2,1-4H3. The minimum atomic E-state index is 0.110. The average molecular weight is 262 g/mol. The fourth-order valence-corrected chi connectivity index (χ4v) is 2.07. The van der Waals surface area contributed by atoms with Crippen molar-refractivity contribution in [1.82, 2.24) is 5.01 Å². The second kappa shape index (κ2) is 5.38. The van der Waals surface area contributed by atoms with Gasteiger partial charge in [-0.3, -0.25) is 5.01 Å². The summed E-state index contributed by atoms with van der Waals surface area (Å²) in [4.78, 5) is 2.13. The molecule has 0 saturated heterocycles. The zero-order chi connectivity index (χ0) is 14.0. The first-order valence-corrected chi connectivity index (χ1v) is 6.56. The van der Waals surface area contributed by atoms with Gasteiger partial charge < -0.3 is 15.4 Å². The van der Waals surface area contributed by atoms with Gasteiger partial charge in [-0.15, -0.1) is 0 Å². The third-order valence-corrected chi connectivity index (χ3v) is 3.05. The first-order chi connectivity index (χ1) is 8.97. The van der Waals surface area contributed by atoms with Crippen LogP contribution in [0.25, 0.3) is 0 Å². The maximum absolute atomic E-state index is 6.00. The van der Waals surface area contributed by atoms with E-state index in [1.165, 1.54) is 0 Å². The number of anilines is 2. The number of rotatable bonds is 3. The van der Waals surface area contributed by atoms with E-state index in [4.69, 9.17) is 10.5 Å². The van der Waals surface area contributed by atoms with Crippen molar-refractivity contribution in [1.29, 1.82) is 0 Å². The number of nitrogens with zero attached hydrogens (tertiary/aromatic N) is 3. The van der Waals surface area contributed by atoms with Crippen molar-refractivity contribution in [2.75, 3.05) is 30.8 Å². The average Bonchev–Trinajstić information content (AvgIpc) is 2.33. The van der Waals surface area contributed by atoms with Crippen LogP contribution >= 0.6 is 0 Å². The molecule has 5 heteroatoms. The van der Waals surface area contributed by atoms with Gasteiger partial charge in [0.15, 0.2) is 0 Å². The Labute approximate surface area is 114 Å². The van der Waals surface area contributed by atoms with Gasteiger partial charge in [-0.1, -0.05) is 0 Å². The zero-order valence-electron chi connectivity index (χ0n) is 12.1. The van der Waals surface area contributed by atoms with Crippen LogP contribution < -0.4 is 15.4 Å². The fourth-order valence-electron chi connectivity index (χ4n) is 2.07. The van der Waals surface area contributed by atoms with Gasteiger partial charge in [0.05, 0.1) is 18.3 Å². The molecule has 2 N–H and O–H groups in total. The molecule has 0 aliphatic carbocycles. The highest BCUT2D eigenvalue weighted by atomic mass is 16.5.